The van der Waals surface area contributed by atoms with Gasteiger partial charge in [0.2, 0.25) is 0 Å². The van der Waals surface area contributed by atoms with Gasteiger partial charge in [-0.25, -0.2) is 0 Å². The van der Waals surface area contributed by atoms with Crippen molar-refractivity contribution in [2.75, 3.05) is 0 Å². The molecule has 2 nitrogen and oxygen atoms in total. The van der Waals surface area contributed by atoms with Crippen molar-refractivity contribution in [2.24, 2.45) is 4.99 Å². The van der Waals surface area contributed by atoms with E-state index in [4.69, 9.17) is 0 Å². The van der Waals surface area contributed by atoms with Gasteiger partial charge in [0.15, 0.2) is 0 Å². The number of hydrogen-bond donors (Lipinski definition) is 0. The summed E-state index contributed by atoms with van der Waals surface area (Å²) >= 11 is 0. The molecule has 68 valence electrons. The highest BCUT2D eigenvalue weighted by Gasteiger charge is 1.97. The second kappa shape index (κ2) is 4.55. The maximum atomic E-state index is 4.36. The molecule has 0 atom stereocenters. The summed E-state index contributed by atoms with van der Waals surface area (Å²) in [5, 5.41) is 0. The number of aryl methyl sites for hydroxylation is 1. The third-order valence-corrected chi connectivity index (χ3v) is 1.72. The van der Waals surface area contributed by atoms with Gasteiger partial charge >= 0.3 is 0 Å². The van der Waals surface area contributed by atoms with Crippen LogP contribution in [0.2, 0.25) is 0 Å². The zero-order valence-corrected chi connectivity index (χ0v) is 8.12. The van der Waals surface area contributed by atoms with Crippen LogP contribution < -0.4 is 0 Å². The number of hydrogen-bond acceptors (Lipinski definition) is 2. The van der Waals surface area contributed by atoms with Crippen LogP contribution in [0.5, 0.6) is 0 Å². The van der Waals surface area contributed by atoms with Crippen LogP contribution >= 0.6 is 0 Å². The topological polar surface area (TPSA) is 25.2 Å². The van der Waals surface area contributed by atoms with Crippen LogP contribution in [0.1, 0.15) is 24.7 Å². The predicted octanol–water partition coefficient (Wildman–Crippen LogP) is 3.15. The number of aromatic nitrogens is 1. The van der Waals surface area contributed by atoms with Gasteiger partial charge in [-0.1, -0.05) is 13.0 Å². The number of allylic oxidation sites excluding steroid dienone is 1. The summed E-state index contributed by atoms with van der Waals surface area (Å²) in [6.07, 6.45) is 5.06. The molecule has 2 heteroatoms. The highest BCUT2D eigenvalue weighted by Crippen LogP contribution is 2.18. The Morgan fingerprint density at radius 2 is 2.31 bits per heavy atom. The average Bonchev–Trinajstić information content (AvgIpc) is 2.15. The Labute approximate surface area is 79.0 Å². The molecule has 0 amide bonds. The van der Waals surface area contributed by atoms with Crippen LogP contribution in [0.3, 0.4) is 0 Å². The van der Waals surface area contributed by atoms with E-state index in [1.54, 1.807) is 0 Å². The minimum atomic E-state index is 0.843. The zero-order valence-electron chi connectivity index (χ0n) is 8.12. The Kier molecular flexibility index (Phi) is 3.38. The lowest BCUT2D eigenvalue weighted by atomic mass is 10.2. The summed E-state index contributed by atoms with van der Waals surface area (Å²) in [6.45, 7) is 7.56. The van der Waals surface area contributed by atoms with Gasteiger partial charge in [-0.3, -0.25) is 9.98 Å². The van der Waals surface area contributed by atoms with Crippen molar-refractivity contribution in [2.45, 2.75) is 20.3 Å². The highest BCUT2D eigenvalue weighted by molar-refractivity contribution is 5.62. The molecule has 1 heterocycles. The number of rotatable bonds is 3. The van der Waals surface area contributed by atoms with Crippen molar-refractivity contribution in [3.05, 3.63) is 29.6 Å². The SMILES string of the molecule is C=Nc1ccc(C)nc1/C=C\CC. The Morgan fingerprint density at radius 1 is 1.54 bits per heavy atom. The van der Waals surface area contributed by atoms with Crippen molar-refractivity contribution in [1.29, 1.82) is 0 Å². The molecule has 0 aliphatic carbocycles. The highest BCUT2D eigenvalue weighted by atomic mass is 14.8. The van der Waals surface area contributed by atoms with E-state index < -0.39 is 0 Å². The molecule has 0 unspecified atom stereocenters. The lowest BCUT2D eigenvalue weighted by Gasteiger charge is -1.99. The third-order valence-electron chi connectivity index (χ3n) is 1.72. The maximum Gasteiger partial charge on any atom is 0.0885 e. The second-order valence-electron chi connectivity index (χ2n) is 2.83. The quantitative estimate of drug-likeness (QED) is 0.646. The van der Waals surface area contributed by atoms with Crippen molar-refractivity contribution in [3.63, 3.8) is 0 Å². The summed E-state index contributed by atoms with van der Waals surface area (Å²) < 4.78 is 0. The molecule has 0 aliphatic rings. The maximum absolute atomic E-state index is 4.36. The third kappa shape index (κ3) is 2.51. The molecule has 1 rings (SSSR count). The van der Waals surface area contributed by atoms with Gasteiger partial charge in [0.05, 0.1) is 11.4 Å². The Morgan fingerprint density at radius 3 is 2.92 bits per heavy atom. The number of aliphatic imine (C=N–C) groups is 1. The van der Waals surface area contributed by atoms with E-state index in [0.29, 0.717) is 0 Å². The first kappa shape index (κ1) is 9.65. The molecule has 0 spiro atoms. The second-order valence-corrected chi connectivity index (χ2v) is 2.83. The standard InChI is InChI=1S/C11H14N2/c1-4-5-6-11-10(12-3)8-7-9(2)13-11/h5-8H,3-4H2,1-2H3/b6-5-. The summed E-state index contributed by atoms with van der Waals surface area (Å²) in [7, 11) is 0. The molecule has 13 heavy (non-hydrogen) atoms. The van der Waals surface area contributed by atoms with Crippen LogP contribution in [-0.2, 0) is 0 Å². The van der Waals surface area contributed by atoms with Gasteiger partial charge < -0.3 is 0 Å². The lowest BCUT2D eigenvalue weighted by Crippen LogP contribution is -1.85. The van der Waals surface area contributed by atoms with Gasteiger partial charge in [0, 0.05) is 5.69 Å². The van der Waals surface area contributed by atoms with Gasteiger partial charge in [0.25, 0.3) is 0 Å². The first-order valence-corrected chi connectivity index (χ1v) is 4.39. The fourth-order valence-electron chi connectivity index (χ4n) is 1.06. The van der Waals surface area contributed by atoms with Crippen LogP contribution in [0.15, 0.2) is 23.2 Å². The fourth-order valence-corrected chi connectivity index (χ4v) is 1.06. The van der Waals surface area contributed by atoms with Gasteiger partial charge in [-0.15, -0.1) is 0 Å². The van der Waals surface area contributed by atoms with Crippen LogP contribution in [0.4, 0.5) is 5.69 Å². The molecule has 1 aromatic heterocycles. The average molecular weight is 174 g/mol. The first-order chi connectivity index (χ1) is 6.27. The van der Waals surface area contributed by atoms with E-state index in [2.05, 4.69) is 29.7 Å². The van der Waals surface area contributed by atoms with Crippen molar-refractivity contribution < 1.29 is 0 Å². The number of pyridine rings is 1. The molecule has 0 N–H and O–H groups in total. The molecular weight excluding hydrogens is 160 g/mol. The van der Waals surface area contributed by atoms with E-state index >= 15 is 0 Å². The lowest BCUT2D eigenvalue weighted by molar-refractivity contribution is 1.17. The number of nitrogens with zero attached hydrogens (tertiary/aromatic N) is 2. The van der Waals surface area contributed by atoms with Crippen LogP contribution in [-0.4, -0.2) is 11.7 Å². The van der Waals surface area contributed by atoms with Crippen molar-refractivity contribution in [3.8, 4) is 0 Å². The summed E-state index contributed by atoms with van der Waals surface area (Å²) in [5.74, 6) is 0. The van der Waals surface area contributed by atoms with E-state index in [9.17, 15) is 0 Å². The van der Waals surface area contributed by atoms with Crippen molar-refractivity contribution in [1.82, 2.24) is 4.98 Å². The van der Waals surface area contributed by atoms with E-state index in [1.165, 1.54) is 0 Å². The molecule has 0 saturated heterocycles. The summed E-state index contributed by atoms with van der Waals surface area (Å²) in [5.41, 5.74) is 2.75. The smallest absolute Gasteiger partial charge is 0.0885 e. The normalized spacial score (nSPS) is 10.6. The summed E-state index contributed by atoms with van der Waals surface area (Å²) in [6, 6.07) is 3.87. The molecule has 0 fully saturated rings. The molecule has 0 saturated carbocycles. The van der Waals surface area contributed by atoms with Gasteiger partial charge in [0.1, 0.15) is 0 Å². The van der Waals surface area contributed by atoms with E-state index in [-0.39, 0.29) is 0 Å². The molecule has 1 aromatic rings. The molecule has 0 radical (unpaired) electrons. The molecule has 0 bridgehead atoms. The Balaban J connectivity index is 3.08. The minimum Gasteiger partial charge on any atom is -0.262 e. The van der Waals surface area contributed by atoms with Gasteiger partial charge in [-0.2, -0.15) is 0 Å². The molecular formula is C11H14N2. The van der Waals surface area contributed by atoms with E-state index in [0.717, 1.165) is 23.5 Å². The largest absolute Gasteiger partial charge is 0.262 e. The minimum absolute atomic E-state index is 0.843. The fraction of sp³-hybridized carbons (Fsp3) is 0.273. The summed E-state index contributed by atoms with van der Waals surface area (Å²) in [4.78, 5) is 8.26. The van der Waals surface area contributed by atoms with Crippen LogP contribution in [0, 0.1) is 6.92 Å². The monoisotopic (exact) mass is 174 g/mol. The Hall–Kier alpha value is -1.44. The predicted molar refractivity (Wildman–Crippen MR) is 57.5 cm³/mol. The molecule has 0 aromatic carbocycles. The van der Waals surface area contributed by atoms with Crippen LogP contribution in [0.25, 0.3) is 6.08 Å². The first-order valence-electron chi connectivity index (χ1n) is 4.39. The van der Waals surface area contributed by atoms with Gasteiger partial charge in [-0.05, 0) is 38.3 Å². The Bertz CT molecular complexity index is 327. The zero-order chi connectivity index (χ0) is 9.68. The van der Waals surface area contributed by atoms with E-state index in [1.807, 2.05) is 25.1 Å². The molecule has 0 aliphatic heterocycles. The van der Waals surface area contributed by atoms with Crippen molar-refractivity contribution >= 4 is 18.5 Å².